The van der Waals surface area contributed by atoms with Crippen LogP contribution in [0.1, 0.15) is 25.7 Å². The van der Waals surface area contributed by atoms with Crippen molar-refractivity contribution in [2.24, 2.45) is 5.92 Å². The van der Waals surface area contributed by atoms with Crippen molar-refractivity contribution in [3.63, 3.8) is 0 Å². The third-order valence-corrected chi connectivity index (χ3v) is 2.34. The van der Waals surface area contributed by atoms with E-state index in [-0.39, 0.29) is 19.3 Å². The van der Waals surface area contributed by atoms with E-state index in [4.69, 9.17) is 0 Å². The molecular weight excluding hydrogens is 190 g/mol. The number of halogens is 5. The Bertz CT molecular complexity index is 174. The Morgan fingerprint density at radius 1 is 1.23 bits per heavy atom. The summed E-state index contributed by atoms with van der Waals surface area (Å²) in [6.07, 6.45) is -1.35. The summed E-state index contributed by atoms with van der Waals surface area (Å²) in [5.41, 5.74) is 0. The van der Waals surface area contributed by atoms with Crippen LogP contribution in [0.25, 0.3) is 0 Å². The third kappa shape index (κ3) is 3.96. The zero-order chi connectivity index (χ0) is 10.1. The summed E-state index contributed by atoms with van der Waals surface area (Å²) in [4.78, 5) is 0. The molecule has 0 aromatic rings. The molecule has 0 radical (unpaired) electrons. The van der Waals surface area contributed by atoms with E-state index in [1.54, 1.807) is 0 Å². The third-order valence-electron chi connectivity index (χ3n) is 2.34. The number of hydrogen-bond acceptors (Lipinski definition) is 0. The maximum atomic E-state index is 12.7. The van der Waals surface area contributed by atoms with E-state index in [0.29, 0.717) is 0 Å². The van der Waals surface area contributed by atoms with Gasteiger partial charge < -0.3 is 12.9 Å². The first-order valence-electron chi connectivity index (χ1n) is 4.37. The number of hydrogen-bond donors (Lipinski definition) is 0. The highest BCUT2D eigenvalue weighted by molar-refractivity contribution is 6.58. The molecule has 0 heterocycles. The van der Waals surface area contributed by atoms with Gasteiger partial charge in [0.1, 0.15) is 0 Å². The molecule has 1 rings (SSSR count). The summed E-state index contributed by atoms with van der Waals surface area (Å²) in [7, 11) is 0. The minimum Gasteiger partial charge on any atom is -0.449 e. The summed E-state index contributed by atoms with van der Waals surface area (Å²) >= 11 is 0. The first-order chi connectivity index (χ1) is 5.79. The van der Waals surface area contributed by atoms with E-state index in [1.165, 1.54) is 0 Å². The maximum absolute atomic E-state index is 12.7. The van der Waals surface area contributed by atoms with Crippen molar-refractivity contribution in [1.82, 2.24) is 0 Å². The van der Waals surface area contributed by atoms with Gasteiger partial charge in [-0.2, -0.15) is 0 Å². The molecule has 0 nitrogen and oxygen atoms in total. The second-order valence-corrected chi connectivity index (χ2v) is 3.76. The molecule has 0 aromatic heterocycles. The minimum atomic E-state index is -4.91. The van der Waals surface area contributed by atoms with Gasteiger partial charge in [0.05, 0.1) is 0 Å². The van der Waals surface area contributed by atoms with Crippen molar-refractivity contribution in [1.29, 1.82) is 0 Å². The lowest BCUT2D eigenvalue weighted by Gasteiger charge is -2.31. The van der Waals surface area contributed by atoms with Crippen molar-refractivity contribution < 1.29 is 21.7 Å². The van der Waals surface area contributed by atoms with Crippen LogP contribution >= 0.6 is 0 Å². The molecule has 0 bridgehead atoms. The molecule has 78 valence electrons. The normalized spacial score (nSPS) is 28.8. The zero-order valence-electron chi connectivity index (χ0n) is 7.08. The fourth-order valence-electron chi connectivity index (χ4n) is 1.85. The molecule has 0 spiro atoms. The molecule has 0 N–H and O–H groups in total. The van der Waals surface area contributed by atoms with Crippen LogP contribution in [0.5, 0.6) is 0 Å². The lowest BCUT2D eigenvalue weighted by atomic mass is 9.72. The van der Waals surface area contributed by atoms with Gasteiger partial charge in [0, 0.05) is 12.8 Å². The van der Waals surface area contributed by atoms with Crippen molar-refractivity contribution in [3.05, 3.63) is 0 Å². The highest BCUT2D eigenvalue weighted by atomic mass is 19.4. The van der Waals surface area contributed by atoms with Crippen LogP contribution in [0.4, 0.5) is 21.7 Å². The molecule has 1 fully saturated rings. The van der Waals surface area contributed by atoms with Crippen LogP contribution in [-0.2, 0) is 0 Å². The summed E-state index contributed by atoms with van der Waals surface area (Å²) in [6, 6.07) is 0. The van der Waals surface area contributed by atoms with Crippen molar-refractivity contribution >= 4 is 6.98 Å². The monoisotopic (exact) mass is 201 g/mol. The van der Waals surface area contributed by atoms with E-state index in [0.717, 1.165) is 0 Å². The fourth-order valence-corrected chi connectivity index (χ4v) is 1.85. The van der Waals surface area contributed by atoms with Crippen molar-refractivity contribution in [2.75, 3.05) is 0 Å². The highest BCUT2D eigenvalue weighted by Gasteiger charge is 2.39. The minimum absolute atomic E-state index is 0.212. The summed E-state index contributed by atoms with van der Waals surface area (Å²) in [5.74, 6) is -3.73. The Balaban J connectivity index is 2.44. The summed E-state index contributed by atoms with van der Waals surface area (Å²) in [6.45, 7) is -4.91. The number of alkyl halides is 2. The summed E-state index contributed by atoms with van der Waals surface area (Å²) in [5, 5.41) is 0. The average Bonchev–Trinajstić information content (AvgIpc) is 1.79. The van der Waals surface area contributed by atoms with Crippen LogP contribution in [0, 0.1) is 5.92 Å². The van der Waals surface area contributed by atoms with Crippen LogP contribution in [0.2, 0.25) is 6.32 Å². The number of rotatable bonds is 2. The Morgan fingerprint density at radius 3 is 2.31 bits per heavy atom. The lowest BCUT2D eigenvalue weighted by Crippen LogP contribution is -2.30. The SMILES string of the molecule is F[B-](F)(F)CC1CCCC(F)(F)C1. The van der Waals surface area contributed by atoms with E-state index in [9.17, 15) is 21.7 Å². The molecule has 1 aliphatic carbocycles. The topological polar surface area (TPSA) is 0 Å². The van der Waals surface area contributed by atoms with Crippen LogP contribution in [0.3, 0.4) is 0 Å². The highest BCUT2D eigenvalue weighted by Crippen LogP contribution is 2.40. The van der Waals surface area contributed by atoms with Gasteiger partial charge in [0.25, 0.3) is 0 Å². The Morgan fingerprint density at radius 2 is 1.85 bits per heavy atom. The van der Waals surface area contributed by atoms with Gasteiger partial charge >= 0.3 is 6.98 Å². The molecule has 0 saturated heterocycles. The van der Waals surface area contributed by atoms with Crippen molar-refractivity contribution in [3.8, 4) is 0 Å². The molecule has 1 unspecified atom stereocenters. The summed E-state index contributed by atoms with van der Waals surface area (Å²) < 4.78 is 61.1. The molecule has 1 aliphatic rings. The van der Waals surface area contributed by atoms with Crippen LogP contribution in [0.15, 0.2) is 0 Å². The zero-order valence-corrected chi connectivity index (χ0v) is 7.08. The van der Waals surface area contributed by atoms with E-state index in [2.05, 4.69) is 0 Å². The first kappa shape index (κ1) is 10.8. The standard InChI is InChI=1S/C7H11BF5/c9-7(10)3-1-2-6(4-7)5-8(11,12)13/h6H,1-5H2/q-1. The second kappa shape index (κ2) is 3.46. The Hall–Kier alpha value is -0.285. The Kier molecular flexibility index (Phi) is 2.87. The molecule has 13 heavy (non-hydrogen) atoms. The van der Waals surface area contributed by atoms with Gasteiger partial charge in [-0.1, -0.05) is 18.7 Å². The van der Waals surface area contributed by atoms with E-state index < -0.39 is 31.6 Å². The van der Waals surface area contributed by atoms with Crippen LogP contribution < -0.4 is 0 Å². The first-order valence-corrected chi connectivity index (χ1v) is 4.37. The van der Waals surface area contributed by atoms with E-state index in [1.807, 2.05) is 0 Å². The molecule has 0 amide bonds. The molecule has 1 saturated carbocycles. The molecule has 1 atom stereocenters. The van der Waals surface area contributed by atoms with Gasteiger partial charge in [0.15, 0.2) is 0 Å². The molecule has 0 aromatic carbocycles. The van der Waals surface area contributed by atoms with Gasteiger partial charge in [-0.15, -0.1) is 0 Å². The second-order valence-electron chi connectivity index (χ2n) is 3.76. The predicted octanol–water partition coefficient (Wildman–Crippen LogP) is 3.66. The quantitative estimate of drug-likeness (QED) is 0.472. The fraction of sp³-hybridized carbons (Fsp3) is 1.00. The smallest absolute Gasteiger partial charge is 0.449 e. The maximum Gasteiger partial charge on any atom is 0.478 e. The van der Waals surface area contributed by atoms with E-state index >= 15 is 0 Å². The average molecular weight is 201 g/mol. The van der Waals surface area contributed by atoms with Crippen LogP contribution in [-0.4, -0.2) is 12.9 Å². The Labute approximate surface area is 73.6 Å². The molecule has 0 aliphatic heterocycles. The molecule has 6 heteroatoms. The predicted molar refractivity (Wildman–Crippen MR) is 40.8 cm³/mol. The van der Waals surface area contributed by atoms with Gasteiger partial charge in [0.2, 0.25) is 5.92 Å². The van der Waals surface area contributed by atoms with Crippen molar-refractivity contribution in [2.45, 2.75) is 37.9 Å². The van der Waals surface area contributed by atoms with Gasteiger partial charge in [-0.25, -0.2) is 8.78 Å². The van der Waals surface area contributed by atoms with Gasteiger partial charge in [-0.3, -0.25) is 0 Å². The van der Waals surface area contributed by atoms with Gasteiger partial charge in [-0.05, 0) is 6.42 Å². The largest absolute Gasteiger partial charge is 0.478 e. The molecular formula is C7H11BF5-. The lowest BCUT2D eigenvalue weighted by molar-refractivity contribution is -0.0502.